The standard InChI is InChI=1S/C11H19N/c1-6-10(5)12(9-4)11(7-2)8-3/h6-8,11H,2-3,9H2,1,4-5H3/b10-6+. The van der Waals surface area contributed by atoms with Crippen LogP contribution >= 0.6 is 0 Å². The van der Waals surface area contributed by atoms with Crippen molar-refractivity contribution in [2.75, 3.05) is 6.54 Å². The van der Waals surface area contributed by atoms with Crippen molar-refractivity contribution in [2.24, 2.45) is 0 Å². The molecule has 68 valence electrons. The number of hydrogen-bond acceptors (Lipinski definition) is 1. The van der Waals surface area contributed by atoms with Crippen LogP contribution in [0.25, 0.3) is 0 Å². The Balaban J connectivity index is 4.51. The highest BCUT2D eigenvalue weighted by Crippen LogP contribution is 2.10. The first-order chi connectivity index (χ1) is 5.71. The Hall–Kier alpha value is -0.980. The number of hydrogen-bond donors (Lipinski definition) is 0. The number of likely N-dealkylation sites (N-methyl/N-ethyl adjacent to an activating group) is 1. The van der Waals surface area contributed by atoms with E-state index in [1.54, 1.807) is 0 Å². The summed E-state index contributed by atoms with van der Waals surface area (Å²) in [5.74, 6) is 0. The quantitative estimate of drug-likeness (QED) is 0.566. The third-order valence-electron chi connectivity index (χ3n) is 2.05. The molecule has 0 aliphatic rings. The molecule has 0 radical (unpaired) electrons. The van der Waals surface area contributed by atoms with Crippen LogP contribution in [0.2, 0.25) is 0 Å². The lowest BCUT2D eigenvalue weighted by molar-refractivity contribution is 0.347. The van der Waals surface area contributed by atoms with Gasteiger partial charge in [0.15, 0.2) is 0 Å². The Labute approximate surface area is 76.1 Å². The smallest absolute Gasteiger partial charge is 0.0648 e. The average Bonchev–Trinajstić information content (AvgIpc) is 2.12. The molecule has 0 aromatic rings. The highest BCUT2D eigenvalue weighted by molar-refractivity contribution is 5.08. The molecule has 0 saturated heterocycles. The van der Waals surface area contributed by atoms with Crippen molar-refractivity contribution < 1.29 is 0 Å². The van der Waals surface area contributed by atoms with Gasteiger partial charge in [0.1, 0.15) is 0 Å². The van der Waals surface area contributed by atoms with Gasteiger partial charge in [0.2, 0.25) is 0 Å². The third-order valence-corrected chi connectivity index (χ3v) is 2.05. The fourth-order valence-corrected chi connectivity index (χ4v) is 1.21. The summed E-state index contributed by atoms with van der Waals surface area (Å²) in [6.45, 7) is 14.8. The van der Waals surface area contributed by atoms with Gasteiger partial charge in [-0.15, -0.1) is 13.2 Å². The summed E-state index contributed by atoms with van der Waals surface area (Å²) in [4.78, 5) is 2.25. The monoisotopic (exact) mass is 165 g/mol. The predicted octanol–water partition coefficient (Wildman–Crippen LogP) is 2.97. The number of rotatable bonds is 5. The van der Waals surface area contributed by atoms with E-state index in [1.807, 2.05) is 19.1 Å². The zero-order chi connectivity index (χ0) is 9.56. The highest BCUT2D eigenvalue weighted by Gasteiger charge is 2.08. The van der Waals surface area contributed by atoms with Crippen LogP contribution in [-0.4, -0.2) is 17.5 Å². The maximum absolute atomic E-state index is 3.78. The predicted molar refractivity (Wildman–Crippen MR) is 56.0 cm³/mol. The Kier molecular flexibility index (Phi) is 5.18. The minimum Gasteiger partial charge on any atom is -0.366 e. The number of nitrogens with zero attached hydrogens (tertiary/aromatic N) is 1. The van der Waals surface area contributed by atoms with Crippen LogP contribution in [0.15, 0.2) is 37.1 Å². The summed E-state index contributed by atoms with van der Waals surface area (Å²) in [5, 5.41) is 0. The highest BCUT2D eigenvalue weighted by atomic mass is 15.1. The van der Waals surface area contributed by atoms with Crippen molar-refractivity contribution in [1.82, 2.24) is 4.90 Å². The molecular formula is C11H19N. The van der Waals surface area contributed by atoms with Crippen LogP contribution < -0.4 is 0 Å². The molecule has 0 bridgehead atoms. The second-order valence-electron chi connectivity index (χ2n) is 2.68. The largest absolute Gasteiger partial charge is 0.366 e. The van der Waals surface area contributed by atoms with E-state index in [0.29, 0.717) is 0 Å². The van der Waals surface area contributed by atoms with Gasteiger partial charge < -0.3 is 4.90 Å². The third kappa shape index (κ3) is 2.57. The van der Waals surface area contributed by atoms with Crippen molar-refractivity contribution in [3.8, 4) is 0 Å². The summed E-state index contributed by atoms with van der Waals surface area (Å²) in [7, 11) is 0. The Morgan fingerprint density at radius 3 is 2.17 bits per heavy atom. The Morgan fingerprint density at radius 1 is 1.42 bits per heavy atom. The lowest BCUT2D eigenvalue weighted by Crippen LogP contribution is -2.30. The first kappa shape index (κ1) is 11.0. The van der Waals surface area contributed by atoms with Crippen molar-refractivity contribution >= 4 is 0 Å². The maximum Gasteiger partial charge on any atom is 0.0648 e. The molecule has 0 aromatic heterocycles. The van der Waals surface area contributed by atoms with Crippen molar-refractivity contribution in [2.45, 2.75) is 26.8 Å². The second kappa shape index (κ2) is 5.64. The molecule has 0 N–H and O–H groups in total. The molecule has 0 spiro atoms. The fourth-order valence-electron chi connectivity index (χ4n) is 1.21. The summed E-state index contributed by atoms with van der Waals surface area (Å²) >= 11 is 0. The van der Waals surface area contributed by atoms with Crippen LogP contribution in [0.5, 0.6) is 0 Å². The SMILES string of the molecule is C=CC(C=C)N(CC)/C(C)=C/C. The van der Waals surface area contributed by atoms with E-state index in [4.69, 9.17) is 0 Å². The molecule has 12 heavy (non-hydrogen) atoms. The van der Waals surface area contributed by atoms with Gasteiger partial charge in [0.05, 0.1) is 6.04 Å². The van der Waals surface area contributed by atoms with Gasteiger partial charge in [-0.25, -0.2) is 0 Å². The topological polar surface area (TPSA) is 3.24 Å². The van der Waals surface area contributed by atoms with Crippen LogP contribution in [-0.2, 0) is 0 Å². The molecule has 1 nitrogen and oxygen atoms in total. The molecule has 0 aromatic carbocycles. The molecule has 1 heteroatoms. The Morgan fingerprint density at radius 2 is 1.92 bits per heavy atom. The number of allylic oxidation sites excluding steroid dienone is 2. The van der Waals surface area contributed by atoms with Gasteiger partial charge in [-0.05, 0) is 20.8 Å². The molecule has 0 aliphatic carbocycles. The lowest BCUT2D eigenvalue weighted by atomic mass is 10.2. The lowest BCUT2D eigenvalue weighted by Gasteiger charge is -2.28. The first-order valence-electron chi connectivity index (χ1n) is 4.35. The minimum atomic E-state index is 0.256. The van der Waals surface area contributed by atoms with Crippen LogP contribution in [0.3, 0.4) is 0 Å². The van der Waals surface area contributed by atoms with Crippen LogP contribution in [0.4, 0.5) is 0 Å². The first-order valence-corrected chi connectivity index (χ1v) is 4.35. The molecule has 0 fully saturated rings. The molecule has 0 rings (SSSR count). The Bertz CT molecular complexity index is 171. The summed E-state index contributed by atoms with van der Waals surface area (Å²) in [6.07, 6.45) is 5.91. The second-order valence-corrected chi connectivity index (χ2v) is 2.68. The van der Waals surface area contributed by atoms with E-state index in [-0.39, 0.29) is 6.04 Å². The summed E-state index contributed by atoms with van der Waals surface area (Å²) in [5.41, 5.74) is 1.27. The van der Waals surface area contributed by atoms with Gasteiger partial charge in [0.25, 0.3) is 0 Å². The van der Waals surface area contributed by atoms with Crippen molar-refractivity contribution in [3.05, 3.63) is 37.1 Å². The minimum absolute atomic E-state index is 0.256. The zero-order valence-electron chi connectivity index (χ0n) is 8.38. The molecule has 0 amide bonds. The summed E-state index contributed by atoms with van der Waals surface area (Å²) in [6, 6.07) is 0.256. The fraction of sp³-hybridized carbons (Fsp3) is 0.455. The van der Waals surface area contributed by atoms with Crippen LogP contribution in [0, 0.1) is 0 Å². The summed E-state index contributed by atoms with van der Waals surface area (Å²) < 4.78 is 0. The van der Waals surface area contributed by atoms with Crippen molar-refractivity contribution in [3.63, 3.8) is 0 Å². The van der Waals surface area contributed by atoms with E-state index in [2.05, 4.69) is 38.0 Å². The van der Waals surface area contributed by atoms with E-state index in [1.165, 1.54) is 5.70 Å². The molecule has 0 atom stereocenters. The van der Waals surface area contributed by atoms with Gasteiger partial charge in [0, 0.05) is 12.2 Å². The molecule has 0 aliphatic heterocycles. The zero-order valence-corrected chi connectivity index (χ0v) is 8.38. The van der Waals surface area contributed by atoms with E-state index in [9.17, 15) is 0 Å². The molecule has 0 unspecified atom stereocenters. The molecule has 0 saturated carbocycles. The average molecular weight is 165 g/mol. The van der Waals surface area contributed by atoms with Gasteiger partial charge in [-0.3, -0.25) is 0 Å². The van der Waals surface area contributed by atoms with E-state index < -0.39 is 0 Å². The van der Waals surface area contributed by atoms with Crippen molar-refractivity contribution in [1.29, 1.82) is 0 Å². The van der Waals surface area contributed by atoms with Gasteiger partial charge >= 0.3 is 0 Å². The maximum atomic E-state index is 3.78. The van der Waals surface area contributed by atoms with E-state index in [0.717, 1.165) is 6.54 Å². The molecular weight excluding hydrogens is 146 g/mol. The van der Waals surface area contributed by atoms with Gasteiger partial charge in [-0.1, -0.05) is 18.2 Å². The normalized spacial score (nSPS) is 11.5. The van der Waals surface area contributed by atoms with Gasteiger partial charge in [-0.2, -0.15) is 0 Å². The molecule has 0 heterocycles. The van der Waals surface area contributed by atoms with E-state index >= 15 is 0 Å². The van der Waals surface area contributed by atoms with Crippen LogP contribution in [0.1, 0.15) is 20.8 Å².